The van der Waals surface area contributed by atoms with Crippen LogP contribution in [-0.2, 0) is 38.4 Å². The minimum Gasteiger partial charge on any atom is -0.481 e. The molecule has 7 rings (SSSR count). The highest BCUT2D eigenvalue weighted by atomic mass is 16.4. The lowest BCUT2D eigenvalue weighted by Crippen LogP contribution is -2.49. The van der Waals surface area contributed by atoms with E-state index in [9.17, 15) is 88.2 Å². The van der Waals surface area contributed by atoms with Crippen LogP contribution in [-0.4, -0.2) is 136 Å². The van der Waals surface area contributed by atoms with Crippen LogP contribution in [0.1, 0.15) is 170 Å². The van der Waals surface area contributed by atoms with Gasteiger partial charge in [-0.2, -0.15) is 0 Å². The van der Waals surface area contributed by atoms with E-state index in [1.54, 1.807) is 48.5 Å². The Balaban J connectivity index is 1.01. The van der Waals surface area contributed by atoms with Gasteiger partial charge in [0.2, 0.25) is 11.8 Å². The lowest BCUT2D eigenvalue weighted by molar-refractivity contribution is -0.141. The number of carbonyl (C=O) groups is 12. The third-order valence-corrected chi connectivity index (χ3v) is 15.1. The molecule has 2 aliphatic heterocycles. The maximum absolute atomic E-state index is 14.2. The number of fused-ring (bicyclic) bond motifs is 2. The van der Waals surface area contributed by atoms with Crippen LogP contribution in [0.3, 0.4) is 0 Å². The van der Waals surface area contributed by atoms with Crippen LogP contribution in [0.2, 0.25) is 0 Å². The highest BCUT2D eigenvalue weighted by Gasteiger charge is 2.38. The number of unbranched alkanes of at least 4 members (excludes halogenated alkanes) is 4. The number of aliphatic carboxylic acids is 6. The molecule has 8 N–H and O–H groups in total. The van der Waals surface area contributed by atoms with Gasteiger partial charge in [0, 0.05) is 109 Å². The highest BCUT2D eigenvalue weighted by Crippen LogP contribution is 2.46. The predicted octanol–water partition coefficient (Wildman–Crippen LogP) is 6.95. The standard InChI is InChI=1S/C56H60N4O18/c61-39(57-55(23-17-41(63)64,24-18-42(65)66)25-19-43(67)68)7-3-1-5-29-59-51(75)35-13-9-31-33-11-15-37-50-38(16-12-34(48(33)50)32-10-14-36(52(59)76)49(35)47(31)32)54(78)60(53(37)77)30-6-2-4-8-40(62)58-56(26-20-44(69)70,27-21-45(71)72)28-22-46(73)74/h9-16H,1-8,17-30H2,(H,57,61)(H,58,62)(H,63,64)(H,65,66)(H,67,68)(H,69,70)(H,71,72)(H,73,74). The van der Waals surface area contributed by atoms with Crippen molar-refractivity contribution in [1.82, 2.24) is 20.4 Å². The molecular weight excluding hydrogens is 1020 g/mol. The second-order valence-corrected chi connectivity index (χ2v) is 20.3. The van der Waals surface area contributed by atoms with E-state index in [1.807, 2.05) is 0 Å². The third-order valence-electron chi connectivity index (χ3n) is 15.1. The van der Waals surface area contributed by atoms with E-state index in [0.717, 1.165) is 9.80 Å². The monoisotopic (exact) mass is 1080 g/mol. The van der Waals surface area contributed by atoms with E-state index >= 15 is 0 Å². The topological polar surface area (TPSA) is 357 Å². The number of benzene rings is 5. The van der Waals surface area contributed by atoms with Gasteiger partial charge in [-0.1, -0.05) is 37.1 Å². The van der Waals surface area contributed by atoms with Crippen LogP contribution in [0.4, 0.5) is 0 Å². The van der Waals surface area contributed by atoms with Crippen LogP contribution in [0.25, 0.3) is 43.1 Å². The Morgan fingerprint density at radius 1 is 0.333 bits per heavy atom. The van der Waals surface area contributed by atoms with Crippen LogP contribution >= 0.6 is 0 Å². The Bertz CT molecular complexity index is 2860. The number of carbonyl (C=O) groups excluding carboxylic acids is 6. The molecule has 78 heavy (non-hydrogen) atoms. The number of hydrogen-bond donors (Lipinski definition) is 8. The maximum atomic E-state index is 14.2. The Morgan fingerprint density at radius 3 is 0.808 bits per heavy atom. The minimum atomic E-state index is -1.37. The van der Waals surface area contributed by atoms with E-state index < -0.39 is 121 Å². The molecule has 2 heterocycles. The molecule has 0 spiro atoms. The summed E-state index contributed by atoms with van der Waals surface area (Å²) in [5.41, 5.74) is -1.53. The van der Waals surface area contributed by atoms with Crippen LogP contribution in [0.5, 0.6) is 0 Å². The molecule has 0 fully saturated rings. The van der Waals surface area contributed by atoms with Gasteiger partial charge < -0.3 is 41.3 Å². The van der Waals surface area contributed by atoms with E-state index in [1.165, 1.54) is 0 Å². The SMILES string of the molecule is O=C(O)CCC(CCC(=O)O)(CCC(=O)O)NC(=O)CCCCCN1C(=O)c2ccc3c4ccc5c6c(ccc(c7ccc(c2c37)C1=O)c64)C(=O)N(CCCCCC(=O)NC(CCC(=O)O)(CCC(=O)O)CCC(=O)O)C5=O. The van der Waals surface area contributed by atoms with Crippen molar-refractivity contribution in [3.05, 3.63) is 70.8 Å². The fourth-order valence-electron chi connectivity index (χ4n) is 11.2. The van der Waals surface area contributed by atoms with Crippen LogP contribution < -0.4 is 10.6 Å². The number of carboxylic acid groups (broad SMARTS) is 6. The van der Waals surface area contributed by atoms with E-state index in [2.05, 4.69) is 10.6 Å². The second-order valence-electron chi connectivity index (χ2n) is 20.3. The molecule has 2 aliphatic rings. The van der Waals surface area contributed by atoms with Crippen molar-refractivity contribution >= 4 is 114 Å². The Morgan fingerprint density at radius 2 is 0.577 bits per heavy atom. The summed E-state index contributed by atoms with van der Waals surface area (Å²) in [5.74, 6) is -10.2. The smallest absolute Gasteiger partial charge is 0.303 e. The zero-order valence-corrected chi connectivity index (χ0v) is 42.7. The number of rotatable bonds is 32. The molecule has 0 atom stereocenters. The fraction of sp³-hybridized carbons (Fsp3) is 0.429. The van der Waals surface area contributed by atoms with Crippen LogP contribution in [0, 0.1) is 0 Å². The van der Waals surface area contributed by atoms with Crippen molar-refractivity contribution in [2.75, 3.05) is 13.1 Å². The molecule has 0 radical (unpaired) electrons. The lowest BCUT2D eigenvalue weighted by atomic mass is 9.82. The first kappa shape index (κ1) is 57.2. The molecule has 22 heteroatoms. The van der Waals surface area contributed by atoms with Gasteiger partial charge in [-0.15, -0.1) is 0 Å². The normalized spacial score (nSPS) is 13.5. The Kier molecular flexibility index (Phi) is 17.7. The molecule has 412 valence electrons. The third kappa shape index (κ3) is 12.6. The largest absolute Gasteiger partial charge is 0.481 e. The van der Waals surface area contributed by atoms with Crippen molar-refractivity contribution in [3.8, 4) is 0 Å². The average molecular weight is 1080 g/mol. The number of amides is 6. The number of hydrogen-bond acceptors (Lipinski definition) is 12. The zero-order chi connectivity index (χ0) is 56.6. The first-order chi connectivity index (χ1) is 37.1. The molecule has 6 amide bonds. The number of nitrogens with zero attached hydrogens (tertiary/aromatic N) is 2. The van der Waals surface area contributed by atoms with Crippen LogP contribution in [0.15, 0.2) is 48.5 Å². The number of nitrogens with one attached hydrogen (secondary N) is 2. The van der Waals surface area contributed by atoms with Gasteiger partial charge in [0.15, 0.2) is 0 Å². The summed E-state index contributed by atoms with van der Waals surface area (Å²) in [4.78, 5) is 154. The summed E-state index contributed by atoms with van der Waals surface area (Å²) in [6, 6.07) is 13.7. The molecule has 0 bridgehead atoms. The Labute approximate surface area is 445 Å². The number of carboxylic acids is 6. The highest BCUT2D eigenvalue weighted by molar-refractivity contribution is 6.41. The zero-order valence-electron chi connectivity index (χ0n) is 42.7. The molecule has 0 aliphatic carbocycles. The molecule has 0 unspecified atom stereocenters. The van der Waals surface area contributed by atoms with Crippen molar-refractivity contribution in [2.24, 2.45) is 0 Å². The first-order valence-electron chi connectivity index (χ1n) is 25.9. The van der Waals surface area contributed by atoms with Gasteiger partial charge >= 0.3 is 35.8 Å². The lowest BCUT2D eigenvalue weighted by Gasteiger charge is -2.34. The fourth-order valence-corrected chi connectivity index (χ4v) is 11.2. The van der Waals surface area contributed by atoms with Crippen molar-refractivity contribution in [2.45, 2.75) is 139 Å². The van der Waals surface area contributed by atoms with Gasteiger partial charge in [-0.05, 0) is 121 Å². The summed E-state index contributed by atoms with van der Waals surface area (Å²) < 4.78 is 0. The number of imide groups is 2. The molecular formula is C56H60N4O18. The summed E-state index contributed by atoms with van der Waals surface area (Å²) in [7, 11) is 0. The van der Waals surface area contributed by atoms with Gasteiger partial charge in [-0.25, -0.2) is 0 Å². The van der Waals surface area contributed by atoms with Gasteiger partial charge in [0.1, 0.15) is 0 Å². The molecule has 0 saturated carbocycles. The summed E-state index contributed by atoms with van der Waals surface area (Å²) >= 11 is 0. The Hall–Kier alpha value is -8.56. The summed E-state index contributed by atoms with van der Waals surface area (Å²) in [6.45, 7) is 0.0570. The van der Waals surface area contributed by atoms with Crippen molar-refractivity contribution in [1.29, 1.82) is 0 Å². The van der Waals surface area contributed by atoms with Gasteiger partial charge in [0.05, 0.1) is 0 Å². The maximum Gasteiger partial charge on any atom is 0.303 e. The summed E-state index contributed by atoms with van der Waals surface area (Å²) in [6.07, 6.45) is -1.59. The second kappa shape index (κ2) is 24.2. The molecule has 5 aromatic carbocycles. The average Bonchev–Trinajstić information content (AvgIpc) is 2.48. The van der Waals surface area contributed by atoms with E-state index in [-0.39, 0.29) is 64.5 Å². The van der Waals surface area contributed by atoms with Gasteiger partial charge in [0.25, 0.3) is 23.6 Å². The molecule has 22 nitrogen and oxygen atoms in total. The van der Waals surface area contributed by atoms with Crippen molar-refractivity contribution in [3.63, 3.8) is 0 Å². The molecule has 5 aromatic rings. The molecule has 0 aromatic heterocycles. The van der Waals surface area contributed by atoms with Gasteiger partial charge in [-0.3, -0.25) is 67.3 Å². The predicted molar refractivity (Wildman–Crippen MR) is 278 cm³/mol. The molecule has 0 saturated heterocycles. The van der Waals surface area contributed by atoms with E-state index in [0.29, 0.717) is 104 Å². The first-order valence-corrected chi connectivity index (χ1v) is 25.9. The van der Waals surface area contributed by atoms with Crippen molar-refractivity contribution < 1.29 is 88.2 Å². The summed E-state index contributed by atoms with van der Waals surface area (Å²) in [5, 5.41) is 66.4. The quantitative estimate of drug-likeness (QED) is 0.00934. The minimum absolute atomic E-state index is 0.0285. The van der Waals surface area contributed by atoms with E-state index in [4.69, 9.17) is 0 Å².